The second-order valence-electron chi connectivity index (χ2n) is 6.18. The molecule has 3 atom stereocenters. The molecule has 1 aliphatic heterocycles. The Hall–Kier alpha value is -0.860. The number of hydrogen-bond acceptors (Lipinski definition) is 2. The van der Waals surface area contributed by atoms with Gasteiger partial charge < -0.3 is 5.73 Å². The largest absolute Gasteiger partial charge is 0.329 e. The van der Waals surface area contributed by atoms with Crippen LogP contribution in [0, 0.1) is 5.92 Å². The monoisotopic (exact) mass is 260 g/mol. The third-order valence-corrected chi connectivity index (χ3v) is 4.47. The Kier molecular flexibility index (Phi) is 5.41. The summed E-state index contributed by atoms with van der Waals surface area (Å²) >= 11 is 0. The highest BCUT2D eigenvalue weighted by atomic mass is 15.2. The van der Waals surface area contributed by atoms with Gasteiger partial charge in [-0.25, -0.2) is 0 Å². The number of piperidine rings is 1. The van der Waals surface area contributed by atoms with E-state index in [4.69, 9.17) is 5.73 Å². The van der Waals surface area contributed by atoms with Crippen molar-refractivity contribution in [3.8, 4) is 0 Å². The van der Waals surface area contributed by atoms with Gasteiger partial charge in [0.2, 0.25) is 0 Å². The zero-order chi connectivity index (χ0) is 13.7. The van der Waals surface area contributed by atoms with Crippen molar-refractivity contribution in [1.82, 2.24) is 4.90 Å². The normalized spacial score (nSPS) is 24.1. The molecule has 2 heteroatoms. The summed E-state index contributed by atoms with van der Waals surface area (Å²) in [7, 11) is 0. The fourth-order valence-corrected chi connectivity index (χ4v) is 3.28. The Bertz CT molecular complexity index is 363. The molecule has 0 bridgehead atoms. The fraction of sp³-hybridized carbons (Fsp3) is 0.647. The third-order valence-electron chi connectivity index (χ3n) is 4.47. The highest BCUT2D eigenvalue weighted by Gasteiger charge is 2.24. The minimum absolute atomic E-state index is 0.540. The minimum atomic E-state index is 0.540. The number of nitrogens with two attached hydrogens (primary N) is 1. The lowest BCUT2D eigenvalue weighted by atomic mass is 9.91. The Balaban J connectivity index is 1.95. The molecule has 2 N–H and O–H groups in total. The van der Waals surface area contributed by atoms with Gasteiger partial charge in [-0.2, -0.15) is 0 Å². The Labute approximate surface area is 118 Å². The van der Waals surface area contributed by atoms with Crippen LogP contribution in [0.5, 0.6) is 0 Å². The fourth-order valence-electron chi connectivity index (χ4n) is 3.28. The van der Waals surface area contributed by atoms with E-state index in [2.05, 4.69) is 49.1 Å². The first-order chi connectivity index (χ1) is 9.20. The van der Waals surface area contributed by atoms with Crippen LogP contribution in [0.2, 0.25) is 0 Å². The van der Waals surface area contributed by atoms with Crippen LogP contribution in [0.1, 0.15) is 44.6 Å². The molecule has 2 rings (SSSR count). The number of benzene rings is 1. The third kappa shape index (κ3) is 4.05. The van der Waals surface area contributed by atoms with Gasteiger partial charge in [0.1, 0.15) is 0 Å². The van der Waals surface area contributed by atoms with Gasteiger partial charge in [0.05, 0.1) is 0 Å². The Morgan fingerprint density at radius 2 is 2.05 bits per heavy atom. The van der Waals surface area contributed by atoms with Crippen LogP contribution >= 0.6 is 0 Å². The molecule has 0 aromatic heterocycles. The van der Waals surface area contributed by atoms with Crippen molar-refractivity contribution >= 4 is 0 Å². The van der Waals surface area contributed by atoms with E-state index in [0.29, 0.717) is 12.0 Å². The molecule has 0 amide bonds. The molecule has 3 unspecified atom stereocenters. The van der Waals surface area contributed by atoms with Gasteiger partial charge in [-0.05, 0) is 43.2 Å². The van der Waals surface area contributed by atoms with E-state index in [1.807, 2.05) is 0 Å². The highest BCUT2D eigenvalue weighted by Crippen LogP contribution is 2.25. The summed E-state index contributed by atoms with van der Waals surface area (Å²) in [5.74, 6) is 1.42. The lowest BCUT2D eigenvalue weighted by molar-refractivity contribution is 0.123. The summed E-state index contributed by atoms with van der Waals surface area (Å²) in [4.78, 5) is 2.62. The van der Waals surface area contributed by atoms with Gasteiger partial charge in [-0.15, -0.1) is 0 Å². The molecular formula is C17H28N2. The first-order valence-electron chi connectivity index (χ1n) is 7.69. The molecule has 0 saturated carbocycles. The summed E-state index contributed by atoms with van der Waals surface area (Å²) in [6.45, 7) is 7.92. The SMILES string of the molecule is CC1CCCN(C(CN)CC(C)c2ccccc2)C1. The second-order valence-corrected chi connectivity index (χ2v) is 6.18. The van der Waals surface area contributed by atoms with Crippen molar-refractivity contribution in [2.24, 2.45) is 11.7 Å². The van der Waals surface area contributed by atoms with Crippen LogP contribution in [0.3, 0.4) is 0 Å². The maximum absolute atomic E-state index is 6.03. The molecular weight excluding hydrogens is 232 g/mol. The first-order valence-corrected chi connectivity index (χ1v) is 7.69. The van der Waals surface area contributed by atoms with Crippen LogP contribution in [0.4, 0.5) is 0 Å². The molecule has 1 aromatic rings. The Morgan fingerprint density at radius 1 is 1.32 bits per heavy atom. The van der Waals surface area contributed by atoms with Crippen molar-refractivity contribution in [3.63, 3.8) is 0 Å². The van der Waals surface area contributed by atoms with Crippen molar-refractivity contribution in [1.29, 1.82) is 0 Å². The zero-order valence-electron chi connectivity index (χ0n) is 12.4. The Morgan fingerprint density at radius 3 is 2.68 bits per heavy atom. The van der Waals surface area contributed by atoms with Gasteiger partial charge in [-0.3, -0.25) is 4.90 Å². The number of rotatable bonds is 5. The average Bonchev–Trinajstić information content (AvgIpc) is 2.45. The van der Waals surface area contributed by atoms with E-state index in [1.54, 1.807) is 0 Å². The van der Waals surface area contributed by atoms with Gasteiger partial charge in [0.15, 0.2) is 0 Å². The van der Waals surface area contributed by atoms with E-state index in [-0.39, 0.29) is 0 Å². The molecule has 1 aromatic carbocycles. The van der Waals surface area contributed by atoms with E-state index in [1.165, 1.54) is 37.9 Å². The summed E-state index contributed by atoms with van der Waals surface area (Å²) in [5.41, 5.74) is 7.47. The van der Waals surface area contributed by atoms with Gasteiger partial charge in [0.25, 0.3) is 0 Å². The van der Waals surface area contributed by atoms with Crippen molar-refractivity contribution in [2.45, 2.75) is 45.1 Å². The summed E-state index contributed by atoms with van der Waals surface area (Å²) in [5, 5.41) is 0. The standard InChI is InChI=1S/C17H28N2/c1-14-7-6-10-19(13-14)17(12-18)11-15(2)16-8-4-3-5-9-16/h3-5,8-9,14-15,17H,6-7,10-13,18H2,1-2H3. The van der Waals surface area contributed by atoms with Gasteiger partial charge in [0, 0.05) is 19.1 Å². The first kappa shape index (κ1) is 14.5. The van der Waals surface area contributed by atoms with Crippen molar-refractivity contribution in [2.75, 3.05) is 19.6 Å². The van der Waals surface area contributed by atoms with Crippen molar-refractivity contribution in [3.05, 3.63) is 35.9 Å². The van der Waals surface area contributed by atoms with Gasteiger partial charge in [-0.1, -0.05) is 44.2 Å². The molecule has 0 aliphatic carbocycles. The van der Waals surface area contributed by atoms with E-state index < -0.39 is 0 Å². The molecule has 106 valence electrons. The molecule has 1 fully saturated rings. The number of hydrogen-bond donors (Lipinski definition) is 1. The minimum Gasteiger partial charge on any atom is -0.329 e. The molecule has 2 nitrogen and oxygen atoms in total. The maximum atomic E-state index is 6.03. The smallest absolute Gasteiger partial charge is 0.0224 e. The van der Waals surface area contributed by atoms with Gasteiger partial charge >= 0.3 is 0 Å². The molecule has 0 spiro atoms. The predicted molar refractivity (Wildman–Crippen MR) is 82.3 cm³/mol. The van der Waals surface area contributed by atoms with Crippen molar-refractivity contribution < 1.29 is 0 Å². The summed E-state index contributed by atoms with van der Waals surface area (Å²) in [6, 6.07) is 11.4. The average molecular weight is 260 g/mol. The number of nitrogens with zero attached hydrogens (tertiary/aromatic N) is 1. The highest BCUT2D eigenvalue weighted by molar-refractivity contribution is 5.19. The lowest BCUT2D eigenvalue weighted by Gasteiger charge is -2.38. The molecule has 0 radical (unpaired) electrons. The quantitative estimate of drug-likeness (QED) is 0.880. The predicted octanol–water partition coefficient (Wildman–Crippen LogP) is 3.24. The molecule has 1 heterocycles. The molecule has 1 saturated heterocycles. The molecule has 1 aliphatic rings. The van der Waals surface area contributed by atoms with E-state index in [0.717, 1.165) is 12.5 Å². The van der Waals surface area contributed by atoms with Crippen LogP contribution in [0.15, 0.2) is 30.3 Å². The van der Waals surface area contributed by atoms with E-state index >= 15 is 0 Å². The maximum Gasteiger partial charge on any atom is 0.0224 e. The lowest BCUT2D eigenvalue weighted by Crippen LogP contribution is -2.46. The summed E-state index contributed by atoms with van der Waals surface area (Å²) < 4.78 is 0. The topological polar surface area (TPSA) is 29.3 Å². The van der Waals surface area contributed by atoms with Crippen LogP contribution in [-0.2, 0) is 0 Å². The summed E-state index contributed by atoms with van der Waals surface area (Å²) in [6.07, 6.45) is 3.88. The number of likely N-dealkylation sites (tertiary alicyclic amines) is 1. The second kappa shape index (κ2) is 7.06. The van der Waals surface area contributed by atoms with Crippen LogP contribution in [0.25, 0.3) is 0 Å². The van der Waals surface area contributed by atoms with E-state index in [9.17, 15) is 0 Å². The van der Waals surface area contributed by atoms with Crippen LogP contribution in [-0.4, -0.2) is 30.6 Å². The zero-order valence-corrected chi connectivity index (χ0v) is 12.4. The van der Waals surface area contributed by atoms with Crippen LogP contribution < -0.4 is 5.73 Å². The molecule has 19 heavy (non-hydrogen) atoms.